The minimum absolute atomic E-state index is 0.0268. The van der Waals surface area contributed by atoms with Crippen LogP contribution in [0.3, 0.4) is 0 Å². The number of anilines is 2. The molecule has 0 heterocycles. The van der Waals surface area contributed by atoms with Gasteiger partial charge in [0.05, 0.1) is 6.61 Å². The molecule has 0 aliphatic carbocycles. The van der Waals surface area contributed by atoms with Gasteiger partial charge in [0.15, 0.2) is 0 Å². The first-order chi connectivity index (χ1) is 9.30. The standard InChI is InChI=1S/C15H25N3O2/c1-5-20-13-9-11(16)8-12(10-13)17-7-6-14(19)18-15(2,3)4/h8-10,17H,5-7,16H2,1-4H3,(H,18,19). The van der Waals surface area contributed by atoms with Gasteiger partial charge in [0.25, 0.3) is 0 Å². The number of amides is 1. The smallest absolute Gasteiger partial charge is 0.222 e. The summed E-state index contributed by atoms with van der Waals surface area (Å²) in [7, 11) is 0. The van der Waals surface area contributed by atoms with E-state index in [9.17, 15) is 4.79 Å². The number of carbonyl (C=O) groups is 1. The van der Waals surface area contributed by atoms with E-state index in [1.54, 1.807) is 6.07 Å². The molecule has 0 aliphatic rings. The molecule has 20 heavy (non-hydrogen) atoms. The summed E-state index contributed by atoms with van der Waals surface area (Å²) >= 11 is 0. The van der Waals surface area contributed by atoms with Crippen LogP contribution in [-0.4, -0.2) is 24.6 Å². The Hall–Kier alpha value is -1.91. The van der Waals surface area contributed by atoms with Gasteiger partial charge in [0.1, 0.15) is 5.75 Å². The Morgan fingerprint density at radius 2 is 2.00 bits per heavy atom. The molecule has 0 unspecified atom stereocenters. The molecule has 0 aromatic heterocycles. The predicted octanol–water partition coefficient (Wildman–Crippen LogP) is 2.38. The SMILES string of the molecule is CCOc1cc(N)cc(NCCC(=O)NC(C)(C)C)c1. The molecule has 1 aromatic carbocycles. The maximum atomic E-state index is 11.7. The molecule has 0 fully saturated rings. The van der Waals surface area contributed by atoms with Crippen LogP contribution in [0, 0.1) is 0 Å². The zero-order valence-corrected chi connectivity index (χ0v) is 12.7. The maximum Gasteiger partial charge on any atom is 0.222 e. The highest BCUT2D eigenvalue weighted by molar-refractivity contribution is 5.77. The third-order valence-corrected chi connectivity index (χ3v) is 2.44. The molecule has 5 nitrogen and oxygen atoms in total. The zero-order chi connectivity index (χ0) is 15.2. The lowest BCUT2D eigenvalue weighted by Gasteiger charge is -2.20. The van der Waals surface area contributed by atoms with Gasteiger partial charge in [-0.1, -0.05) is 0 Å². The van der Waals surface area contributed by atoms with E-state index in [2.05, 4.69) is 10.6 Å². The molecule has 4 N–H and O–H groups in total. The lowest BCUT2D eigenvalue weighted by atomic mass is 10.1. The van der Waals surface area contributed by atoms with Gasteiger partial charge in [0, 0.05) is 42.0 Å². The van der Waals surface area contributed by atoms with Crippen molar-refractivity contribution in [2.45, 2.75) is 39.7 Å². The first kappa shape index (κ1) is 16.1. The highest BCUT2D eigenvalue weighted by atomic mass is 16.5. The maximum absolute atomic E-state index is 11.7. The summed E-state index contributed by atoms with van der Waals surface area (Å²) < 4.78 is 5.42. The summed E-state index contributed by atoms with van der Waals surface area (Å²) in [6.07, 6.45) is 0.413. The number of carbonyl (C=O) groups excluding carboxylic acids is 1. The molecule has 0 spiro atoms. The second-order valence-electron chi connectivity index (χ2n) is 5.70. The molecule has 1 rings (SSSR count). The lowest BCUT2D eigenvalue weighted by Crippen LogP contribution is -2.41. The minimum atomic E-state index is -0.198. The topological polar surface area (TPSA) is 76.4 Å². The summed E-state index contributed by atoms with van der Waals surface area (Å²) in [4.78, 5) is 11.7. The van der Waals surface area contributed by atoms with Gasteiger partial charge < -0.3 is 21.1 Å². The summed E-state index contributed by atoms with van der Waals surface area (Å²) in [6.45, 7) is 8.96. The van der Waals surface area contributed by atoms with E-state index in [-0.39, 0.29) is 11.4 Å². The molecule has 0 bridgehead atoms. The second-order valence-corrected chi connectivity index (χ2v) is 5.70. The first-order valence-corrected chi connectivity index (χ1v) is 6.88. The monoisotopic (exact) mass is 279 g/mol. The summed E-state index contributed by atoms with van der Waals surface area (Å²) in [5, 5.41) is 6.10. The normalized spacial score (nSPS) is 11.0. The van der Waals surface area contributed by atoms with Crippen molar-refractivity contribution in [1.29, 1.82) is 0 Å². The quantitative estimate of drug-likeness (QED) is 0.699. The number of ether oxygens (including phenoxy) is 1. The number of nitrogen functional groups attached to an aromatic ring is 1. The van der Waals surface area contributed by atoms with Crippen molar-refractivity contribution in [3.05, 3.63) is 18.2 Å². The Labute approximate surface area is 120 Å². The van der Waals surface area contributed by atoms with E-state index >= 15 is 0 Å². The fourth-order valence-electron chi connectivity index (χ4n) is 1.78. The fourth-order valence-corrected chi connectivity index (χ4v) is 1.78. The van der Waals surface area contributed by atoms with Crippen LogP contribution in [0.4, 0.5) is 11.4 Å². The Morgan fingerprint density at radius 3 is 2.60 bits per heavy atom. The summed E-state index contributed by atoms with van der Waals surface area (Å²) in [5.41, 5.74) is 7.10. The van der Waals surface area contributed by atoms with Gasteiger partial charge in [-0.15, -0.1) is 0 Å². The van der Waals surface area contributed by atoms with Crippen LogP contribution in [0.25, 0.3) is 0 Å². The van der Waals surface area contributed by atoms with Gasteiger partial charge in [-0.2, -0.15) is 0 Å². The number of nitrogens with two attached hydrogens (primary N) is 1. The van der Waals surface area contributed by atoms with Gasteiger partial charge in [-0.05, 0) is 33.8 Å². The van der Waals surface area contributed by atoms with Crippen molar-refractivity contribution in [2.75, 3.05) is 24.2 Å². The van der Waals surface area contributed by atoms with Crippen LogP contribution in [0.5, 0.6) is 5.75 Å². The van der Waals surface area contributed by atoms with E-state index in [0.717, 1.165) is 11.4 Å². The van der Waals surface area contributed by atoms with Crippen molar-refractivity contribution in [3.8, 4) is 5.75 Å². The van der Waals surface area contributed by atoms with Crippen molar-refractivity contribution in [3.63, 3.8) is 0 Å². The molecular weight excluding hydrogens is 254 g/mol. The largest absolute Gasteiger partial charge is 0.494 e. The Kier molecular flexibility index (Phi) is 5.67. The third kappa shape index (κ3) is 6.31. The Morgan fingerprint density at radius 1 is 1.30 bits per heavy atom. The van der Waals surface area contributed by atoms with E-state index in [1.165, 1.54) is 0 Å². The van der Waals surface area contributed by atoms with Gasteiger partial charge in [-0.3, -0.25) is 4.79 Å². The molecule has 1 aromatic rings. The van der Waals surface area contributed by atoms with Crippen LogP contribution in [0.15, 0.2) is 18.2 Å². The molecule has 0 saturated heterocycles. The van der Waals surface area contributed by atoms with Crippen LogP contribution in [-0.2, 0) is 4.79 Å². The summed E-state index contributed by atoms with van der Waals surface area (Å²) in [5.74, 6) is 0.757. The minimum Gasteiger partial charge on any atom is -0.494 e. The lowest BCUT2D eigenvalue weighted by molar-refractivity contribution is -0.122. The number of benzene rings is 1. The van der Waals surface area contributed by atoms with E-state index in [4.69, 9.17) is 10.5 Å². The molecule has 5 heteroatoms. The second kappa shape index (κ2) is 7.03. The van der Waals surface area contributed by atoms with Gasteiger partial charge >= 0.3 is 0 Å². The van der Waals surface area contributed by atoms with Crippen molar-refractivity contribution >= 4 is 17.3 Å². The van der Waals surface area contributed by atoms with Crippen molar-refractivity contribution in [2.24, 2.45) is 0 Å². The molecule has 0 atom stereocenters. The summed E-state index contributed by atoms with van der Waals surface area (Å²) in [6, 6.07) is 5.48. The third-order valence-electron chi connectivity index (χ3n) is 2.44. The number of hydrogen-bond acceptors (Lipinski definition) is 4. The van der Waals surface area contributed by atoms with E-state index in [1.807, 2.05) is 39.8 Å². The fraction of sp³-hybridized carbons (Fsp3) is 0.533. The predicted molar refractivity (Wildman–Crippen MR) is 83.0 cm³/mol. The molecule has 0 saturated carbocycles. The molecular formula is C15H25N3O2. The molecule has 0 radical (unpaired) electrons. The zero-order valence-electron chi connectivity index (χ0n) is 12.7. The number of hydrogen-bond donors (Lipinski definition) is 3. The number of nitrogens with one attached hydrogen (secondary N) is 2. The highest BCUT2D eigenvalue weighted by Crippen LogP contribution is 2.22. The van der Waals surface area contributed by atoms with Crippen LogP contribution < -0.4 is 21.1 Å². The van der Waals surface area contributed by atoms with Crippen LogP contribution in [0.1, 0.15) is 34.1 Å². The first-order valence-electron chi connectivity index (χ1n) is 6.88. The van der Waals surface area contributed by atoms with Gasteiger partial charge in [0.2, 0.25) is 5.91 Å². The molecule has 112 valence electrons. The Bertz CT molecular complexity index is 453. The molecule has 1 amide bonds. The molecule has 0 aliphatic heterocycles. The van der Waals surface area contributed by atoms with Crippen LogP contribution in [0.2, 0.25) is 0 Å². The van der Waals surface area contributed by atoms with Gasteiger partial charge in [-0.25, -0.2) is 0 Å². The highest BCUT2D eigenvalue weighted by Gasteiger charge is 2.12. The van der Waals surface area contributed by atoms with Crippen LogP contribution >= 0.6 is 0 Å². The average molecular weight is 279 g/mol. The Balaban J connectivity index is 2.47. The van der Waals surface area contributed by atoms with Crippen molar-refractivity contribution < 1.29 is 9.53 Å². The van der Waals surface area contributed by atoms with Crippen molar-refractivity contribution in [1.82, 2.24) is 5.32 Å². The number of rotatable bonds is 6. The average Bonchev–Trinajstić information content (AvgIpc) is 2.26. The van der Waals surface area contributed by atoms with E-state index < -0.39 is 0 Å². The van der Waals surface area contributed by atoms with E-state index in [0.29, 0.717) is 25.3 Å².